The van der Waals surface area contributed by atoms with Crippen LogP contribution in [0.15, 0.2) is 6.20 Å². The Morgan fingerprint density at radius 3 is 3.00 bits per heavy atom. The minimum Gasteiger partial charge on any atom is -0.393 e. The molecular formula is C13H23N3O. The van der Waals surface area contributed by atoms with Gasteiger partial charge in [0.1, 0.15) is 0 Å². The van der Waals surface area contributed by atoms with E-state index in [1.807, 2.05) is 18.7 Å². The van der Waals surface area contributed by atoms with Gasteiger partial charge < -0.3 is 10.4 Å². The van der Waals surface area contributed by atoms with Crippen LogP contribution in [0.1, 0.15) is 36.9 Å². The molecule has 96 valence electrons. The summed E-state index contributed by atoms with van der Waals surface area (Å²) in [7, 11) is 1.95. The molecule has 1 aliphatic rings. The molecule has 1 saturated carbocycles. The van der Waals surface area contributed by atoms with Gasteiger partial charge in [-0.25, -0.2) is 0 Å². The molecule has 1 aromatic rings. The minimum absolute atomic E-state index is 0.0734. The molecule has 2 unspecified atom stereocenters. The number of nitrogens with one attached hydrogen (secondary N) is 1. The number of aliphatic hydroxyl groups excluding tert-OH is 1. The van der Waals surface area contributed by atoms with Gasteiger partial charge in [-0.3, -0.25) is 4.68 Å². The van der Waals surface area contributed by atoms with E-state index in [1.54, 1.807) is 0 Å². The first kappa shape index (κ1) is 12.6. The van der Waals surface area contributed by atoms with E-state index in [4.69, 9.17) is 0 Å². The van der Waals surface area contributed by atoms with Gasteiger partial charge in [0, 0.05) is 25.4 Å². The predicted octanol–water partition coefficient (Wildman–Crippen LogP) is 1.37. The fourth-order valence-electron chi connectivity index (χ4n) is 2.68. The maximum atomic E-state index is 9.60. The predicted molar refractivity (Wildman–Crippen MR) is 67.6 cm³/mol. The Balaban J connectivity index is 1.74. The van der Waals surface area contributed by atoms with Crippen molar-refractivity contribution in [2.75, 3.05) is 6.54 Å². The highest BCUT2D eigenvalue weighted by Gasteiger charge is 2.19. The van der Waals surface area contributed by atoms with E-state index in [2.05, 4.69) is 16.6 Å². The van der Waals surface area contributed by atoms with Crippen LogP contribution in [0.5, 0.6) is 0 Å². The molecule has 1 heterocycles. The largest absolute Gasteiger partial charge is 0.393 e. The first-order valence-corrected chi connectivity index (χ1v) is 6.53. The third kappa shape index (κ3) is 3.54. The maximum absolute atomic E-state index is 9.60. The van der Waals surface area contributed by atoms with Crippen LogP contribution in [-0.2, 0) is 13.6 Å². The molecule has 2 N–H and O–H groups in total. The highest BCUT2D eigenvalue weighted by Crippen LogP contribution is 2.23. The number of rotatable bonds is 4. The number of aliphatic hydroxyl groups is 1. The van der Waals surface area contributed by atoms with Gasteiger partial charge in [-0.05, 0) is 38.6 Å². The lowest BCUT2D eigenvalue weighted by Crippen LogP contribution is -2.28. The van der Waals surface area contributed by atoms with Crippen LogP contribution >= 0.6 is 0 Å². The standard InChI is InChI=1S/C13H23N3O/c1-10-12(9-16(2)15-10)8-14-7-11-4-3-5-13(17)6-11/h9,11,13-14,17H,3-8H2,1-2H3. The van der Waals surface area contributed by atoms with Crippen molar-refractivity contribution in [2.45, 2.75) is 45.3 Å². The van der Waals surface area contributed by atoms with Gasteiger partial charge >= 0.3 is 0 Å². The van der Waals surface area contributed by atoms with Crippen molar-refractivity contribution >= 4 is 0 Å². The second-order valence-electron chi connectivity index (χ2n) is 5.23. The third-order valence-electron chi connectivity index (χ3n) is 3.62. The molecule has 1 aliphatic carbocycles. The Labute approximate surface area is 103 Å². The zero-order valence-electron chi connectivity index (χ0n) is 10.8. The minimum atomic E-state index is -0.0734. The van der Waals surface area contributed by atoms with Crippen molar-refractivity contribution in [2.24, 2.45) is 13.0 Å². The Kier molecular flexibility index (Phi) is 4.18. The monoisotopic (exact) mass is 237 g/mol. The zero-order chi connectivity index (χ0) is 12.3. The van der Waals surface area contributed by atoms with Crippen LogP contribution in [0.4, 0.5) is 0 Å². The molecule has 0 saturated heterocycles. The second kappa shape index (κ2) is 5.65. The van der Waals surface area contributed by atoms with E-state index in [0.29, 0.717) is 5.92 Å². The fourth-order valence-corrected chi connectivity index (χ4v) is 2.68. The molecule has 2 rings (SSSR count). The van der Waals surface area contributed by atoms with Gasteiger partial charge in [0.25, 0.3) is 0 Å². The molecule has 0 aliphatic heterocycles. The molecule has 2 atom stereocenters. The molecule has 4 nitrogen and oxygen atoms in total. The van der Waals surface area contributed by atoms with E-state index in [1.165, 1.54) is 18.4 Å². The summed E-state index contributed by atoms with van der Waals surface area (Å²) in [6.07, 6.45) is 6.35. The van der Waals surface area contributed by atoms with Crippen molar-refractivity contribution in [3.8, 4) is 0 Å². The van der Waals surface area contributed by atoms with Crippen molar-refractivity contribution in [1.82, 2.24) is 15.1 Å². The highest BCUT2D eigenvalue weighted by atomic mass is 16.3. The number of nitrogens with zero attached hydrogens (tertiary/aromatic N) is 2. The average Bonchev–Trinajstić information content (AvgIpc) is 2.58. The smallest absolute Gasteiger partial charge is 0.0638 e. The summed E-state index contributed by atoms with van der Waals surface area (Å²) in [5.41, 5.74) is 2.37. The van der Waals surface area contributed by atoms with Gasteiger partial charge in [0.2, 0.25) is 0 Å². The van der Waals surface area contributed by atoms with Crippen molar-refractivity contribution in [3.05, 3.63) is 17.5 Å². The van der Waals surface area contributed by atoms with E-state index in [9.17, 15) is 5.11 Å². The maximum Gasteiger partial charge on any atom is 0.0638 e. The summed E-state index contributed by atoms with van der Waals surface area (Å²) in [6.45, 7) is 3.93. The molecule has 17 heavy (non-hydrogen) atoms. The van der Waals surface area contributed by atoms with E-state index >= 15 is 0 Å². The van der Waals surface area contributed by atoms with Crippen molar-refractivity contribution < 1.29 is 5.11 Å². The summed E-state index contributed by atoms with van der Waals surface area (Å²) in [4.78, 5) is 0. The molecular weight excluding hydrogens is 214 g/mol. The van der Waals surface area contributed by atoms with Gasteiger partial charge in [-0.2, -0.15) is 5.10 Å². The van der Waals surface area contributed by atoms with Crippen LogP contribution in [-0.4, -0.2) is 27.5 Å². The molecule has 0 bridgehead atoms. The van der Waals surface area contributed by atoms with Crippen molar-refractivity contribution in [3.63, 3.8) is 0 Å². The van der Waals surface area contributed by atoms with E-state index in [-0.39, 0.29) is 6.10 Å². The Hall–Kier alpha value is -0.870. The SMILES string of the molecule is Cc1nn(C)cc1CNCC1CCCC(O)C1. The number of hydrogen-bond donors (Lipinski definition) is 2. The number of aryl methyl sites for hydroxylation is 2. The average molecular weight is 237 g/mol. The summed E-state index contributed by atoms with van der Waals surface area (Å²) in [6, 6.07) is 0. The normalized spacial score (nSPS) is 25.1. The van der Waals surface area contributed by atoms with Gasteiger partial charge in [-0.1, -0.05) is 6.42 Å². The van der Waals surface area contributed by atoms with Crippen LogP contribution in [0.25, 0.3) is 0 Å². The van der Waals surface area contributed by atoms with E-state index < -0.39 is 0 Å². The second-order valence-corrected chi connectivity index (χ2v) is 5.23. The summed E-state index contributed by atoms with van der Waals surface area (Å²) < 4.78 is 1.86. The summed E-state index contributed by atoms with van der Waals surface area (Å²) >= 11 is 0. The molecule has 0 aromatic carbocycles. The zero-order valence-corrected chi connectivity index (χ0v) is 10.8. The highest BCUT2D eigenvalue weighted by molar-refractivity contribution is 5.14. The Morgan fingerprint density at radius 2 is 2.35 bits per heavy atom. The van der Waals surface area contributed by atoms with Crippen LogP contribution in [0.2, 0.25) is 0 Å². The first-order chi connectivity index (χ1) is 8.15. The molecule has 1 aromatic heterocycles. The molecule has 4 heteroatoms. The molecule has 1 fully saturated rings. The van der Waals surface area contributed by atoms with Crippen LogP contribution in [0, 0.1) is 12.8 Å². The summed E-state index contributed by atoms with van der Waals surface area (Å²) in [5.74, 6) is 0.635. The summed E-state index contributed by atoms with van der Waals surface area (Å²) in [5, 5.41) is 17.4. The molecule has 0 spiro atoms. The topological polar surface area (TPSA) is 50.1 Å². The van der Waals surface area contributed by atoms with Gasteiger partial charge in [0.05, 0.1) is 11.8 Å². The first-order valence-electron chi connectivity index (χ1n) is 6.53. The molecule has 0 radical (unpaired) electrons. The Bertz CT molecular complexity index is 362. The fraction of sp³-hybridized carbons (Fsp3) is 0.769. The third-order valence-corrected chi connectivity index (χ3v) is 3.62. The number of aromatic nitrogens is 2. The van der Waals surface area contributed by atoms with Crippen molar-refractivity contribution in [1.29, 1.82) is 0 Å². The van der Waals surface area contributed by atoms with Gasteiger partial charge in [-0.15, -0.1) is 0 Å². The lowest BCUT2D eigenvalue weighted by Gasteiger charge is -2.25. The van der Waals surface area contributed by atoms with Crippen LogP contribution < -0.4 is 5.32 Å². The van der Waals surface area contributed by atoms with Gasteiger partial charge in [0.15, 0.2) is 0 Å². The van der Waals surface area contributed by atoms with E-state index in [0.717, 1.165) is 31.6 Å². The molecule has 0 amide bonds. The lowest BCUT2D eigenvalue weighted by molar-refractivity contribution is 0.101. The van der Waals surface area contributed by atoms with Crippen LogP contribution in [0.3, 0.4) is 0 Å². The number of hydrogen-bond acceptors (Lipinski definition) is 3. The Morgan fingerprint density at radius 1 is 1.53 bits per heavy atom. The quantitative estimate of drug-likeness (QED) is 0.831. The lowest BCUT2D eigenvalue weighted by atomic mass is 9.87.